The normalized spacial score (nSPS) is 21.8. The lowest BCUT2D eigenvalue weighted by atomic mass is 9.94. The van der Waals surface area contributed by atoms with Crippen molar-refractivity contribution in [1.82, 2.24) is 19.8 Å². The molecule has 1 atom stereocenters. The lowest BCUT2D eigenvalue weighted by Gasteiger charge is -2.30. The maximum atomic E-state index is 12.7. The van der Waals surface area contributed by atoms with Crippen LogP contribution in [0.1, 0.15) is 36.2 Å². The van der Waals surface area contributed by atoms with Crippen LogP contribution >= 0.6 is 0 Å². The molecule has 7 heteroatoms. The van der Waals surface area contributed by atoms with Crippen LogP contribution in [0.4, 0.5) is 5.95 Å². The van der Waals surface area contributed by atoms with Crippen LogP contribution in [0.2, 0.25) is 0 Å². The molecule has 1 aliphatic rings. The van der Waals surface area contributed by atoms with Gasteiger partial charge < -0.3 is 20.6 Å². The number of nitrogens with two attached hydrogens (primary N) is 1. The number of rotatable bonds is 4. The Morgan fingerprint density at radius 2 is 1.88 bits per heavy atom. The summed E-state index contributed by atoms with van der Waals surface area (Å²) in [6.07, 6.45) is 2.42. The molecule has 0 aliphatic carbocycles. The van der Waals surface area contributed by atoms with Crippen molar-refractivity contribution in [2.24, 2.45) is 0 Å². The summed E-state index contributed by atoms with van der Waals surface area (Å²) in [6.45, 7) is 5.59. The van der Waals surface area contributed by atoms with Gasteiger partial charge in [-0.05, 0) is 47.2 Å². The Kier molecular flexibility index (Phi) is 5.77. The Labute approximate surface area is 143 Å². The van der Waals surface area contributed by atoms with Crippen LogP contribution < -0.4 is 5.73 Å². The summed E-state index contributed by atoms with van der Waals surface area (Å²) >= 11 is 0. The second kappa shape index (κ2) is 7.44. The fourth-order valence-corrected chi connectivity index (χ4v) is 3.46. The molecule has 1 aromatic rings. The van der Waals surface area contributed by atoms with Crippen molar-refractivity contribution >= 4 is 11.9 Å². The molecular weight excluding hydrogens is 306 g/mol. The van der Waals surface area contributed by atoms with Gasteiger partial charge in [-0.15, -0.1) is 0 Å². The molecule has 0 bridgehead atoms. The van der Waals surface area contributed by atoms with Crippen LogP contribution in [0.3, 0.4) is 0 Å². The first-order chi connectivity index (χ1) is 11.2. The number of likely N-dealkylation sites (N-methyl/N-ethyl adjacent to an activating group) is 1. The molecule has 0 saturated carbocycles. The first-order valence-electron chi connectivity index (χ1n) is 8.45. The highest BCUT2D eigenvalue weighted by Crippen LogP contribution is 2.24. The number of hydrogen-bond donors (Lipinski definition) is 2. The van der Waals surface area contributed by atoms with Crippen LogP contribution in [0.25, 0.3) is 0 Å². The van der Waals surface area contributed by atoms with E-state index in [2.05, 4.69) is 9.97 Å². The summed E-state index contributed by atoms with van der Waals surface area (Å²) in [6, 6.07) is 0. The first-order valence-corrected chi connectivity index (χ1v) is 8.45. The summed E-state index contributed by atoms with van der Waals surface area (Å²) in [4.78, 5) is 24.9. The minimum absolute atomic E-state index is 0.0590. The maximum Gasteiger partial charge on any atom is 0.227 e. The number of carbonyl (C=O) groups is 1. The number of aryl methyl sites for hydroxylation is 2. The summed E-state index contributed by atoms with van der Waals surface area (Å²) in [7, 11) is 3.91. The molecule has 1 fully saturated rings. The smallest absolute Gasteiger partial charge is 0.227 e. The van der Waals surface area contributed by atoms with Crippen LogP contribution in [0.15, 0.2) is 0 Å². The van der Waals surface area contributed by atoms with E-state index in [0.29, 0.717) is 26.1 Å². The zero-order valence-corrected chi connectivity index (χ0v) is 15.2. The highest BCUT2D eigenvalue weighted by atomic mass is 16.3. The van der Waals surface area contributed by atoms with Crippen molar-refractivity contribution in [3.05, 3.63) is 17.0 Å². The first kappa shape index (κ1) is 18.6. The number of nitrogen functional groups attached to an aromatic ring is 1. The van der Waals surface area contributed by atoms with Gasteiger partial charge in [0.15, 0.2) is 0 Å². The average Bonchev–Trinajstić information content (AvgIpc) is 2.63. The second-order valence-corrected chi connectivity index (χ2v) is 7.10. The lowest BCUT2D eigenvalue weighted by molar-refractivity contribution is -0.130. The van der Waals surface area contributed by atoms with Crippen LogP contribution in [0, 0.1) is 13.8 Å². The van der Waals surface area contributed by atoms with E-state index in [1.54, 1.807) is 0 Å². The lowest BCUT2D eigenvalue weighted by Crippen LogP contribution is -2.41. The standard InChI is InChI=1S/C17H29N5O2/c1-12-14(13(2)20-16(18)19-12)10-15(23)22-8-5-6-17(24,7-9-22)11-21(3)4/h24H,5-11H2,1-4H3,(H2,18,19,20). The molecule has 2 heterocycles. The van der Waals surface area contributed by atoms with Crippen molar-refractivity contribution in [3.63, 3.8) is 0 Å². The van der Waals surface area contributed by atoms with Crippen molar-refractivity contribution in [2.45, 2.75) is 45.1 Å². The van der Waals surface area contributed by atoms with E-state index >= 15 is 0 Å². The third-order valence-electron chi connectivity index (χ3n) is 4.65. The van der Waals surface area contributed by atoms with E-state index in [4.69, 9.17) is 5.73 Å². The average molecular weight is 335 g/mol. The summed E-state index contributed by atoms with van der Waals surface area (Å²) in [5.41, 5.74) is 7.29. The van der Waals surface area contributed by atoms with Crippen molar-refractivity contribution < 1.29 is 9.90 Å². The molecule has 1 aliphatic heterocycles. The van der Waals surface area contributed by atoms with Crippen LogP contribution in [-0.2, 0) is 11.2 Å². The van der Waals surface area contributed by atoms with Gasteiger partial charge in [-0.2, -0.15) is 0 Å². The molecule has 2 rings (SSSR count). The van der Waals surface area contributed by atoms with E-state index in [1.807, 2.05) is 37.7 Å². The van der Waals surface area contributed by atoms with E-state index in [0.717, 1.165) is 29.8 Å². The summed E-state index contributed by atoms with van der Waals surface area (Å²) in [5.74, 6) is 0.299. The van der Waals surface area contributed by atoms with E-state index in [-0.39, 0.29) is 18.3 Å². The minimum Gasteiger partial charge on any atom is -0.388 e. The molecule has 0 spiro atoms. The zero-order chi connectivity index (χ0) is 17.9. The molecule has 3 N–H and O–H groups in total. The number of anilines is 1. The van der Waals surface area contributed by atoms with Gasteiger partial charge in [-0.3, -0.25) is 4.79 Å². The number of nitrogens with zero attached hydrogens (tertiary/aromatic N) is 4. The Morgan fingerprint density at radius 1 is 1.25 bits per heavy atom. The second-order valence-electron chi connectivity index (χ2n) is 7.10. The fourth-order valence-electron chi connectivity index (χ4n) is 3.46. The molecule has 134 valence electrons. The highest BCUT2D eigenvalue weighted by molar-refractivity contribution is 5.79. The molecule has 1 unspecified atom stereocenters. The molecular formula is C17H29N5O2. The summed E-state index contributed by atoms with van der Waals surface area (Å²) in [5, 5.41) is 10.7. The monoisotopic (exact) mass is 335 g/mol. The predicted octanol–water partition coefficient (Wildman–Crippen LogP) is 0.523. The SMILES string of the molecule is Cc1nc(N)nc(C)c1CC(=O)N1CCCC(O)(CN(C)C)CC1. The van der Waals surface area contributed by atoms with Gasteiger partial charge >= 0.3 is 0 Å². The van der Waals surface area contributed by atoms with Crippen molar-refractivity contribution in [2.75, 3.05) is 39.5 Å². The third kappa shape index (κ3) is 4.64. The van der Waals surface area contributed by atoms with Gasteiger partial charge in [-0.25, -0.2) is 9.97 Å². The number of likely N-dealkylation sites (tertiary alicyclic amines) is 1. The Bertz CT molecular complexity index is 582. The van der Waals surface area contributed by atoms with Gasteiger partial charge in [0.1, 0.15) is 0 Å². The molecule has 1 saturated heterocycles. The maximum absolute atomic E-state index is 12.7. The largest absolute Gasteiger partial charge is 0.388 e. The molecule has 24 heavy (non-hydrogen) atoms. The third-order valence-corrected chi connectivity index (χ3v) is 4.65. The topological polar surface area (TPSA) is 95.6 Å². The minimum atomic E-state index is -0.714. The van der Waals surface area contributed by atoms with Crippen LogP contribution in [0.5, 0.6) is 0 Å². The molecule has 1 amide bonds. The number of aromatic nitrogens is 2. The van der Waals surface area contributed by atoms with Gasteiger partial charge in [0.05, 0.1) is 12.0 Å². The van der Waals surface area contributed by atoms with E-state index in [1.165, 1.54) is 0 Å². The molecule has 0 radical (unpaired) electrons. The predicted molar refractivity (Wildman–Crippen MR) is 93.6 cm³/mol. The van der Waals surface area contributed by atoms with E-state index in [9.17, 15) is 9.90 Å². The molecule has 1 aromatic heterocycles. The Morgan fingerprint density at radius 3 is 2.46 bits per heavy atom. The fraction of sp³-hybridized carbons (Fsp3) is 0.706. The number of aliphatic hydroxyl groups is 1. The van der Waals surface area contributed by atoms with Crippen molar-refractivity contribution in [1.29, 1.82) is 0 Å². The van der Waals surface area contributed by atoms with Gasteiger partial charge in [0.25, 0.3) is 0 Å². The number of amides is 1. The summed E-state index contributed by atoms with van der Waals surface area (Å²) < 4.78 is 0. The molecule has 7 nitrogen and oxygen atoms in total. The number of hydrogen-bond acceptors (Lipinski definition) is 6. The molecule has 0 aromatic carbocycles. The van der Waals surface area contributed by atoms with Crippen LogP contribution in [-0.4, -0.2) is 70.1 Å². The number of carbonyl (C=O) groups excluding carboxylic acids is 1. The van der Waals surface area contributed by atoms with Gasteiger partial charge in [-0.1, -0.05) is 0 Å². The quantitative estimate of drug-likeness (QED) is 0.833. The van der Waals surface area contributed by atoms with Crippen molar-refractivity contribution in [3.8, 4) is 0 Å². The zero-order valence-electron chi connectivity index (χ0n) is 15.2. The Hall–Kier alpha value is -1.73. The van der Waals surface area contributed by atoms with Gasteiger partial charge in [0.2, 0.25) is 11.9 Å². The van der Waals surface area contributed by atoms with E-state index < -0.39 is 5.60 Å². The Balaban J connectivity index is 2.04. The van der Waals surface area contributed by atoms with Gasteiger partial charge in [0, 0.05) is 36.6 Å². The highest BCUT2D eigenvalue weighted by Gasteiger charge is 2.32.